The van der Waals surface area contributed by atoms with Crippen molar-refractivity contribution in [3.05, 3.63) is 35.4 Å². The first-order chi connectivity index (χ1) is 7.71. The second-order valence-corrected chi connectivity index (χ2v) is 5.42. The van der Waals surface area contributed by atoms with E-state index < -0.39 is 15.8 Å². The Morgan fingerprint density at radius 1 is 1.29 bits per heavy atom. The minimum absolute atomic E-state index is 0.00583. The summed E-state index contributed by atoms with van der Waals surface area (Å²) < 4.78 is 22.6. The highest BCUT2D eigenvalue weighted by Crippen LogP contribution is 2.19. The quantitative estimate of drug-likeness (QED) is 0.478. The van der Waals surface area contributed by atoms with Gasteiger partial charge in [-0.15, -0.1) is 0 Å². The van der Waals surface area contributed by atoms with Crippen LogP contribution in [0, 0.1) is 0 Å². The second kappa shape index (κ2) is 4.68. The first kappa shape index (κ1) is 13.4. The molecule has 1 aromatic carbocycles. The number of allylic oxidation sites excluding steroid dienone is 2. The summed E-state index contributed by atoms with van der Waals surface area (Å²) in [5.74, 6) is -0.429. The van der Waals surface area contributed by atoms with Crippen LogP contribution in [0.1, 0.15) is 24.2 Å². The molecule has 0 aliphatic rings. The largest absolute Gasteiger partial charge is 0.399 e. The van der Waals surface area contributed by atoms with Gasteiger partial charge in [-0.1, -0.05) is 5.57 Å². The number of hydrogen-bond donors (Lipinski definition) is 2. The maximum Gasteiger partial charge on any atom is 0.238 e. The number of hydrogen-bond acceptors (Lipinski definition) is 4. The highest BCUT2D eigenvalue weighted by atomic mass is 32.2. The Kier molecular flexibility index (Phi) is 3.69. The van der Waals surface area contributed by atoms with E-state index in [4.69, 9.17) is 10.9 Å². The van der Waals surface area contributed by atoms with Gasteiger partial charge in [0.1, 0.15) is 0 Å². The maximum atomic E-state index is 11.8. The van der Waals surface area contributed by atoms with Crippen LogP contribution in [0.2, 0.25) is 0 Å². The summed E-state index contributed by atoms with van der Waals surface area (Å²) in [5.41, 5.74) is 6.60. The molecule has 0 aliphatic heterocycles. The lowest BCUT2D eigenvalue weighted by Gasteiger charge is -2.06. The van der Waals surface area contributed by atoms with Gasteiger partial charge in [0.15, 0.2) is 5.78 Å². The summed E-state index contributed by atoms with van der Waals surface area (Å²) in [5, 5.41) is 5.03. The van der Waals surface area contributed by atoms with E-state index in [9.17, 15) is 13.2 Å². The van der Waals surface area contributed by atoms with Gasteiger partial charge in [-0.3, -0.25) is 4.79 Å². The fourth-order valence-electron chi connectivity index (χ4n) is 1.33. The van der Waals surface area contributed by atoms with Gasteiger partial charge in [0, 0.05) is 11.3 Å². The summed E-state index contributed by atoms with van der Waals surface area (Å²) in [4.78, 5) is 11.6. The molecule has 5 nitrogen and oxygen atoms in total. The number of sulfonamides is 1. The molecule has 92 valence electrons. The van der Waals surface area contributed by atoms with Crippen molar-refractivity contribution >= 4 is 21.5 Å². The third-order valence-electron chi connectivity index (χ3n) is 2.00. The van der Waals surface area contributed by atoms with Crippen molar-refractivity contribution in [3.8, 4) is 0 Å². The van der Waals surface area contributed by atoms with E-state index in [1.165, 1.54) is 24.3 Å². The molecular formula is C11H14N2O3S. The minimum atomic E-state index is -3.94. The summed E-state index contributed by atoms with van der Waals surface area (Å²) in [6.45, 7) is 3.47. The van der Waals surface area contributed by atoms with E-state index in [-0.39, 0.29) is 10.5 Å². The summed E-state index contributed by atoms with van der Waals surface area (Å²) in [7, 11) is -3.94. The molecule has 0 atom stereocenters. The fourth-order valence-corrected chi connectivity index (χ4v) is 2.05. The number of nitrogen functional groups attached to an aromatic ring is 1. The van der Waals surface area contributed by atoms with Crippen LogP contribution in [0.25, 0.3) is 0 Å². The van der Waals surface area contributed by atoms with Crippen molar-refractivity contribution in [1.82, 2.24) is 0 Å². The Hall–Kier alpha value is -1.66. The lowest BCUT2D eigenvalue weighted by atomic mass is 10.1. The van der Waals surface area contributed by atoms with Crippen LogP contribution in [-0.4, -0.2) is 14.2 Å². The zero-order valence-corrected chi connectivity index (χ0v) is 10.4. The van der Waals surface area contributed by atoms with Crippen molar-refractivity contribution < 1.29 is 13.2 Å². The number of ketones is 1. The number of primary sulfonamides is 1. The first-order valence-electron chi connectivity index (χ1n) is 4.83. The van der Waals surface area contributed by atoms with Gasteiger partial charge in [-0.25, -0.2) is 13.6 Å². The molecule has 0 saturated carbocycles. The Balaban J connectivity index is 3.46. The van der Waals surface area contributed by atoms with Crippen LogP contribution in [-0.2, 0) is 10.0 Å². The number of benzene rings is 1. The van der Waals surface area contributed by atoms with E-state index in [2.05, 4.69) is 0 Å². The van der Waals surface area contributed by atoms with Gasteiger partial charge < -0.3 is 5.73 Å². The molecule has 0 spiro atoms. The zero-order chi connectivity index (χ0) is 13.2. The second-order valence-electron chi connectivity index (χ2n) is 3.89. The number of nitrogens with two attached hydrogens (primary N) is 2. The minimum Gasteiger partial charge on any atom is -0.399 e. The summed E-state index contributed by atoms with van der Waals surface area (Å²) in [6.07, 6.45) is 1.34. The Labute approximate surface area is 100 Å². The van der Waals surface area contributed by atoms with Gasteiger partial charge in [-0.05, 0) is 38.1 Å². The third-order valence-corrected chi connectivity index (χ3v) is 2.96. The molecule has 4 N–H and O–H groups in total. The van der Waals surface area contributed by atoms with Crippen LogP contribution < -0.4 is 10.9 Å². The Morgan fingerprint density at radius 2 is 1.88 bits per heavy atom. The van der Waals surface area contributed by atoms with Gasteiger partial charge >= 0.3 is 0 Å². The lowest BCUT2D eigenvalue weighted by molar-refractivity contribution is 0.104. The van der Waals surface area contributed by atoms with Gasteiger partial charge in [-0.2, -0.15) is 0 Å². The molecule has 0 bridgehead atoms. The van der Waals surface area contributed by atoms with Gasteiger partial charge in [0.2, 0.25) is 10.0 Å². The molecular weight excluding hydrogens is 240 g/mol. The van der Waals surface area contributed by atoms with E-state index >= 15 is 0 Å². The first-order valence-corrected chi connectivity index (χ1v) is 6.38. The predicted octanol–water partition coefficient (Wildman–Crippen LogP) is 1.07. The molecule has 0 amide bonds. The van der Waals surface area contributed by atoms with Crippen LogP contribution in [0.3, 0.4) is 0 Å². The normalized spacial score (nSPS) is 11.0. The molecule has 0 unspecified atom stereocenters. The van der Waals surface area contributed by atoms with Crippen LogP contribution in [0.4, 0.5) is 5.69 Å². The van der Waals surface area contributed by atoms with Crippen LogP contribution >= 0.6 is 0 Å². The average Bonchev–Trinajstić information content (AvgIpc) is 2.14. The summed E-state index contributed by atoms with van der Waals surface area (Å²) in [6, 6.07) is 3.93. The van der Waals surface area contributed by atoms with E-state index in [1.807, 2.05) is 0 Å². The van der Waals surface area contributed by atoms with Crippen molar-refractivity contribution in [1.29, 1.82) is 0 Å². The van der Waals surface area contributed by atoms with Crippen molar-refractivity contribution in [2.24, 2.45) is 5.14 Å². The fraction of sp³-hybridized carbons (Fsp3) is 0.182. The van der Waals surface area contributed by atoms with E-state index in [0.29, 0.717) is 5.69 Å². The molecule has 0 aliphatic carbocycles. The standard InChI is InChI=1S/C11H14N2O3S/c1-7(2)5-10(14)9-6-8(12)3-4-11(9)17(13,15)16/h3-6H,12H2,1-2H3,(H2,13,15,16). The average molecular weight is 254 g/mol. The molecule has 1 rings (SSSR count). The number of carbonyl (C=O) groups excluding carboxylic acids is 1. The number of rotatable bonds is 3. The van der Waals surface area contributed by atoms with Crippen molar-refractivity contribution in [3.63, 3.8) is 0 Å². The third kappa shape index (κ3) is 3.40. The van der Waals surface area contributed by atoms with E-state index in [1.54, 1.807) is 13.8 Å². The van der Waals surface area contributed by atoms with Crippen molar-refractivity contribution in [2.45, 2.75) is 18.7 Å². The SMILES string of the molecule is CC(C)=CC(=O)c1cc(N)ccc1S(N)(=O)=O. The Morgan fingerprint density at radius 3 is 2.35 bits per heavy atom. The molecule has 1 aromatic rings. The monoisotopic (exact) mass is 254 g/mol. The Bertz CT molecular complexity index is 585. The highest BCUT2D eigenvalue weighted by molar-refractivity contribution is 7.89. The molecule has 0 saturated heterocycles. The van der Waals surface area contributed by atoms with Crippen LogP contribution in [0.5, 0.6) is 0 Å². The maximum absolute atomic E-state index is 11.8. The lowest BCUT2D eigenvalue weighted by Crippen LogP contribution is -2.16. The molecule has 0 aromatic heterocycles. The molecule has 0 radical (unpaired) electrons. The van der Waals surface area contributed by atoms with Gasteiger partial charge in [0.05, 0.1) is 4.90 Å². The number of carbonyl (C=O) groups is 1. The topological polar surface area (TPSA) is 103 Å². The van der Waals surface area contributed by atoms with Crippen LogP contribution in [0.15, 0.2) is 34.7 Å². The summed E-state index contributed by atoms with van der Waals surface area (Å²) >= 11 is 0. The molecule has 17 heavy (non-hydrogen) atoms. The molecule has 0 heterocycles. The smallest absolute Gasteiger partial charge is 0.238 e. The van der Waals surface area contributed by atoms with Gasteiger partial charge in [0.25, 0.3) is 0 Å². The number of anilines is 1. The highest BCUT2D eigenvalue weighted by Gasteiger charge is 2.18. The zero-order valence-electron chi connectivity index (χ0n) is 9.60. The molecule has 6 heteroatoms. The van der Waals surface area contributed by atoms with E-state index in [0.717, 1.165) is 5.57 Å². The molecule has 0 fully saturated rings. The van der Waals surface area contributed by atoms with Crippen molar-refractivity contribution in [2.75, 3.05) is 5.73 Å². The predicted molar refractivity (Wildman–Crippen MR) is 66.0 cm³/mol.